The lowest BCUT2D eigenvalue weighted by Gasteiger charge is -2.09. The number of hydrogen-bond donors (Lipinski definition) is 2. The third kappa shape index (κ3) is 3.03. The van der Waals surface area contributed by atoms with Gasteiger partial charge in [0.15, 0.2) is 0 Å². The number of amides is 1. The maximum Gasteiger partial charge on any atom is 0.253 e. The van der Waals surface area contributed by atoms with Gasteiger partial charge in [0.1, 0.15) is 5.82 Å². The van der Waals surface area contributed by atoms with Gasteiger partial charge in [-0.25, -0.2) is 9.37 Å². The van der Waals surface area contributed by atoms with E-state index in [0.717, 1.165) is 11.6 Å². The molecule has 3 N–H and O–H groups in total. The highest BCUT2D eigenvalue weighted by Gasteiger charge is 2.11. The number of nitrogens with one attached hydrogen (secondary N) is 1. The maximum absolute atomic E-state index is 12.9. The number of anilines is 1. The van der Waals surface area contributed by atoms with Crippen LogP contribution in [-0.4, -0.2) is 18.0 Å². The molecule has 5 nitrogen and oxygen atoms in total. The fraction of sp³-hybridized carbons (Fsp3) is 0.143. The van der Waals surface area contributed by atoms with Crippen LogP contribution in [0.3, 0.4) is 0 Å². The van der Waals surface area contributed by atoms with Crippen LogP contribution >= 0.6 is 0 Å². The molecule has 0 aliphatic heterocycles. The molecular formula is C14H14FN3O2. The van der Waals surface area contributed by atoms with Gasteiger partial charge < -0.3 is 15.8 Å². The van der Waals surface area contributed by atoms with Gasteiger partial charge in [-0.1, -0.05) is 6.07 Å². The fourth-order valence-corrected chi connectivity index (χ4v) is 1.75. The van der Waals surface area contributed by atoms with E-state index < -0.39 is 5.82 Å². The molecule has 0 saturated heterocycles. The number of benzene rings is 1. The molecular weight excluding hydrogens is 261 g/mol. The monoisotopic (exact) mass is 275 g/mol. The zero-order valence-electron chi connectivity index (χ0n) is 10.9. The van der Waals surface area contributed by atoms with Gasteiger partial charge in [0.25, 0.3) is 5.91 Å². The third-order valence-electron chi connectivity index (χ3n) is 2.74. The summed E-state index contributed by atoms with van der Waals surface area (Å²) in [7, 11) is 1.51. The van der Waals surface area contributed by atoms with E-state index in [2.05, 4.69) is 10.3 Å². The Morgan fingerprint density at radius 3 is 2.95 bits per heavy atom. The first-order valence-electron chi connectivity index (χ1n) is 5.93. The summed E-state index contributed by atoms with van der Waals surface area (Å²) in [6, 6.07) is 7.19. The van der Waals surface area contributed by atoms with Crippen molar-refractivity contribution in [3.8, 4) is 5.88 Å². The van der Waals surface area contributed by atoms with Crippen molar-refractivity contribution in [1.82, 2.24) is 10.3 Å². The molecule has 104 valence electrons. The van der Waals surface area contributed by atoms with E-state index in [1.165, 1.54) is 19.2 Å². The van der Waals surface area contributed by atoms with Crippen molar-refractivity contribution in [2.45, 2.75) is 6.54 Å². The highest BCUT2D eigenvalue weighted by Crippen LogP contribution is 2.15. The Kier molecular flexibility index (Phi) is 4.14. The molecule has 20 heavy (non-hydrogen) atoms. The van der Waals surface area contributed by atoms with Crippen molar-refractivity contribution >= 4 is 11.6 Å². The first-order chi connectivity index (χ1) is 9.61. The molecule has 2 aromatic rings. The van der Waals surface area contributed by atoms with Gasteiger partial charge in [0, 0.05) is 24.0 Å². The second kappa shape index (κ2) is 6.01. The van der Waals surface area contributed by atoms with E-state index in [0.29, 0.717) is 5.88 Å². The maximum atomic E-state index is 12.9. The van der Waals surface area contributed by atoms with Crippen LogP contribution in [0.4, 0.5) is 10.1 Å². The number of ether oxygens (including phenoxy) is 1. The van der Waals surface area contributed by atoms with E-state index >= 15 is 0 Å². The van der Waals surface area contributed by atoms with Crippen molar-refractivity contribution in [2.24, 2.45) is 0 Å². The molecule has 0 aliphatic rings. The fourth-order valence-electron chi connectivity index (χ4n) is 1.75. The number of nitrogen functional groups attached to an aromatic ring is 1. The SMILES string of the molecule is COc1ncccc1CNC(=O)c1ccc(F)cc1N. The number of methoxy groups -OCH3 is 1. The number of halogens is 1. The Bertz CT molecular complexity index is 632. The first-order valence-corrected chi connectivity index (χ1v) is 5.93. The first kappa shape index (κ1) is 13.8. The number of pyridine rings is 1. The minimum Gasteiger partial charge on any atom is -0.481 e. The van der Waals surface area contributed by atoms with Crippen LogP contribution in [0.2, 0.25) is 0 Å². The van der Waals surface area contributed by atoms with Gasteiger partial charge in [-0.2, -0.15) is 0 Å². The average molecular weight is 275 g/mol. The summed E-state index contributed by atoms with van der Waals surface area (Å²) >= 11 is 0. The highest BCUT2D eigenvalue weighted by molar-refractivity contribution is 5.99. The summed E-state index contributed by atoms with van der Waals surface area (Å²) in [6.07, 6.45) is 1.60. The number of rotatable bonds is 4. The Hall–Kier alpha value is -2.63. The number of hydrogen-bond acceptors (Lipinski definition) is 4. The summed E-state index contributed by atoms with van der Waals surface area (Å²) in [5.74, 6) is -0.415. The summed E-state index contributed by atoms with van der Waals surface area (Å²) in [5.41, 5.74) is 6.68. The Morgan fingerprint density at radius 1 is 1.45 bits per heavy atom. The van der Waals surface area contributed by atoms with Gasteiger partial charge >= 0.3 is 0 Å². The van der Waals surface area contributed by atoms with Gasteiger partial charge in [0.2, 0.25) is 5.88 Å². The van der Waals surface area contributed by atoms with Crippen LogP contribution < -0.4 is 15.8 Å². The topological polar surface area (TPSA) is 77.2 Å². The van der Waals surface area contributed by atoms with E-state index in [9.17, 15) is 9.18 Å². The summed E-state index contributed by atoms with van der Waals surface area (Å²) in [4.78, 5) is 16.0. The standard InChI is InChI=1S/C14H14FN3O2/c1-20-14-9(3-2-6-17-14)8-18-13(19)11-5-4-10(15)7-12(11)16/h2-7H,8,16H2,1H3,(H,18,19). The molecule has 0 fully saturated rings. The second-order valence-corrected chi connectivity index (χ2v) is 4.09. The van der Waals surface area contributed by atoms with Crippen LogP contribution in [-0.2, 0) is 6.54 Å². The molecule has 1 amide bonds. The quantitative estimate of drug-likeness (QED) is 0.833. The minimum absolute atomic E-state index is 0.0978. The average Bonchev–Trinajstić information content (AvgIpc) is 2.45. The van der Waals surface area contributed by atoms with Gasteiger partial charge in [-0.05, 0) is 24.3 Å². The molecule has 6 heteroatoms. The van der Waals surface area contributed by atoms with Crippen LogP contribution in [0.15, 0.2) is 36.5 Å². The van der Waals surface area contributed by atoms with Gasteiger partial charge in [-0.15, -0.1) is 0 Å². The lowest BCUT2D eigenvalue weighted by Crippen LogP contribution is -2.24. The van der Waals surface area contributed by atoms with Crippen LogP contribution in [0, 0.1) is 5.82 Å². The van der Waals surface area contributed by atoms with Crippen molar-refractivity contribution in [3.05, 3.63) is 53.5 Å². The van der Waals surface area contributed by atoms with Gasteiger partial charge in [0.05, 0.1) is 12.7 Å². The predicted octanol–water partition coefficient (Wildman–Crippen LogP) is 1.74. The van der Waals surface area contributed by atoms with E-state index in [4.69, 9.17) is 10.5 Å². The third-order valence-corrected chi connectivity index (χ3v) is 2.74. The Morgan fingerprint density at radius 2 is 2.25 bits per heavy atom. The van der Waals surface area contributed by atoms with Gasteiger partial charge in [-0.3, -0.25) is 4.79 Å². The van der Waals surface area contributed by atoms with E-state index in [-0.39, 0.29) is 23.7 Å². The van der Waals surface area contributed by atoms with Crippen molar-refractivity contribution in [2.75, 3.05) is 12.8 Å². The molecule has 1 aromatic heterocycles. The summed E-state index contributed by atoms with van der Waals surface area (Å²) in [6.45, 7) is 0.243. The molecule has 0 spiro atoms. The molecule has 0 aliphatic carbocycles. The van der Waals surface area contributed by atoms with Crippen molar-refractivity contribution in [1.29, 1.82) is 0 Å². The van der Waals surface area contributed by atoms with E-state index in [1.54, 1.807) is 18.3 Å². The predicted molar refractivity (Wildman–Crippen MR) is 72.8 cm³/mol. The molecule has 0 unspecified atom stereocenters. The lowest BCUT2D eigenvalue weighted by atomic mass is 10.1. The highest BCUT2D eigenvalue weighted by atomic mass is 19.1. The van der Waals surface area contributed by atoms with Crippen LogP contribution in [0.25, 0.3) is 0 Å². The number of carbonyl (C=O) groups is 1. The summed E-state index contributed by atoms with van der Waals surface area (Å²) < 4.78 is 18.0. The number of carbonyl (C=O) groups excluding carboxylic acids is 1. The molecule has 0 bridgehead atoms. The number of nitrogens with zero attached hydrogens (tertiary/aromatic N) is 1. The normalized spacial score (nSPS) is 10.1. The van der Waals surface area contributed by atoms with Crippen molar-refractivity contribution < 1.29 is 13.9 Å². The number of aromatic nitrogens is 1. The minimum atomic E-state index is -0.479. The Balaban J connectivity index is 2.09. The molecule has 2 rings (SSSR count). The van der Waals surface area contributed by atoms with Crippen LogP contribution in [0.1, 0.15) is 15.9 Å². The number of nitrogens with two attached hydrogens (primary N) is 1. The zero-order valence-corrected chi connectivity index (χ0v) is 10.9. The summed E-state index contributed by atoms with van der Waals surface area (Å²) in [5, 5.41) is 2.69. The smallest absolute Gasteiger partial charge is 0.253 e. The molecule has 0 atom stereocenters. The molecule has 1 heterocycles. The largest absolute Gasteiger partial charge is 0.481 e. The molecule has 1 aromatic carbocycles. The lowest BCUT2D eigenvalue weighted by molar-refractivity contribution is 0.0951. The molecule has 0 radical (unpaired) electrons. The Labute approximate surface area is 115 Å². The van der Waals surface area contributed by atoms with Crippen molar-refractivity contribution in [3.63, 3.8) is 0 Å². The molecule has 0 saturated carbocycles. The second-order valence-electron chi connectivity index (χ2n) is 4.09. The zero-order chi connectivity index (χ0) is 14.5. The van der Waals surface area contributed by atoms with Crippen LogP contribution in [0.5, 0.6) is 5.88 Å². The van der Waals surface area contributed by atoms with E-state index in [1.807, 2.05) is 0 Å².